The Morgan fingerprint density at radius 3 is 1.18 bits per heavy atom. The van der Waals surface area contributed by atoms with Crippen molar-refractivity contribution in [3.05, 3.63) is 413 Å². The second-order valence-electron chi connectivity index (χ2n) is 28.6. The summed E-state index contributed by atoms with van der Waals surface area (Å²) in [6.07, 6.45) is 0. The maximum Gasteiger partial charge on any atom is 0.256 e. The molecule has 0 aliphatic carbocycles. The van der Waals surface area contributed by atoms with Gasteiger partial charge in [-0.3, -0.25) is 0 Å². The molecule has 0 fully saturated rings. The number of benzene rings is 17. The van der Waals surface area contributed by atoms with Gasteiger partial charge < -0.3 is 24.3 Å². The molecule has 4 heterocycles. The minimum absolute atomic E-state index is 0.163. The molecule has 0 amide bonds. The van der Waals surface area contributed by atoms with E-state index in [9.17, 15) is 0 Å². The maximum atomic E-state index is 7.59. The van der Waals surface area contributed by atoms with Crippen LogP contribution in [0.5, 0.6) is 11.5 Å². The summed E-state index contributed by atoms with van der Waals surface area (Å²) in [6.45, 7) is -0.412. The second-order valence-corrected chi connectivity index (χ2v) is 29.7. The lowest BCUT2D eigenvalue weighted by Crippen LogP contribution is -2.63. The topological polar surface area (TPSA) is 22.2 Å². The first-order chi connectivity index (χ1) is 54.6. The number of anilines is 12. The molecule has 8 heteroatoms. The van der Waals surface area contributed by atoms with Crippen LogP contribution >= 0.6 is 11.8 Å². The van der Waals surface area contributed by atoms with Crippen LogP contribution in [-0.2, 0) is 0 Å². The summed E-state index contributed by atoms with van der Waals surface area (Å²) in [6, 6.07) is 152. The summed E-state index contributed by atoms with van der Waals surface area (Å²) < 4.78 is 7.59. The Balaban J connectivity index is 0.833. The van der Waals surface area contributed by atoms with Crippen molar-refractivity contribution in [2.24, 2.45) is 0 Å². The smallest absolute Gasteiger partial charge is 0.256 e. The van der Waals surface area contributed by atoms with Crippen molar-refractivity contribution in [2.45, 2.75) is 9.79 Å². The van der Waals surface area contributed by atoms with Gasteiger partial charge in [-0.15, -0.1) is 0 Å². The zero-order valence-corrected chi connectivity index (χ0v) is 60.8. The summed E-state index contributed by atoms with van der Waals surface area (Å²) >= 11 is 1.90. The van der Waals surface area contributed by atoms with Crippen molar-refractivity contribution in [3.8, 4) is 78.3 Å². The van der Waals surface area contributed by atoms with Gasteiger partial charge in [0.15, 0.2) is 0 Å². The number of nitrogens with zero attached hydrogens (tertiary/aromatic N) is 4. The number of rotatable bonds is 14. The fraction of sp³-hybridized carbons (Fsp3) is 0. The maximum absolute atomic E-state index is 7.59. The molecular formula is C102H68B2N4OS. The van der Waals surface area contributed by atoms with E-state index in [0.29, 0.717) is 0 Å². The van der Waals surface area contributed by atoms with E-state index in [1.165, 1.54) is 37.2 Å². The predicted octanol–water partition coefficient (Wildman–Crippen LogP) is 23.8. The van der Waals surface area contributed by atoms with Crippen LogP contribution < -0.4 is 57.1 Å². The fourth-order valence-corrected chi connectivity index (χ4v) is 18.6. The SMILES string of the molecule is c1ccc(-c2ccc(N(c3cccc(-c4ccccc4)c3)c3cc4c5c(c3)N(c3c(-c6ccccc6)cccc3-c3ccccc3)c3cc6c(cc3B5c3ccccc3O4)B3c4ccccc4N(c4ccccc4)c4cc(N(c5ccc(-c7ccccc7)cc5)c5cccc(-c7ccccc7)c5)cc(c43)S6)cc2)cc1. The summed E-state index contributed by atoms with van der Waals surface area (Å²) in [5.41, 5.74) is 33.7. The molecule has 0 saturated carbocycles. The lowest BCUT2D eigenvalue weighted by molar-refractivity contribution is 0.487. The summed E-state index contributed by atoms with van der Waals surface area (Å²) in [7, 11) is 0. The van der Waals surface area contributed by atoms with Crippen LogP contribution in [0.3, 0.4) is 0 Å². The highest BCUT2D eigenvalue weighted by atomic mass is 32.2. The number of hydrogen-bond donors (Lipinski definition) is 0. The number of hydrogen-bond acceptors (Lipinski definition) is 6. The van der Waals surface area contributed by atoms with Crippen LogP contribution in [-0.4, -0.2) is 13.4 Å². The Bertz CT molecular complexity index is 6300. The average molecular weight is 1420 g/mol. The van der Waals surface area contributed by atoms with E-state index in [-0.39, 0.29) is 13.4 Å². The van der Waals surface area contributed by atoms with Gasteiger partial charge in [-0.2, -0.15) is 0 Å². The first-order valence-corrected chi connectivity index (χ1v) is 38.6. The van der Waals surface area contributed by atoms with Gasteiger partial charge >= 0.3 is 0 Å². The molecular weight excluding hydrogens is 1350 g/mol. The van der Waals surface area contributed by atoms with Crippen LogP contribution in [0.4, 0.5) is 68.2 Å². The van der Waals surface area contributed by atoms with E-state index >= 15 is 0 Å². The van der Waals surface area contributed by atoms with Crippen molar-refractivity contribution in [1.82, 2.24) is 0 Å². The quantitative estimate of drug-likeness (QED) is 0.101. The van der Waals surface area contributed by atoms with Crippen molar-refractivity contribution < 1.29 is 4.74 Å². The van der Waals surface area contributed by atoms with Crippen LogP contribution in [0.1, 0.15) is 0 Å². The molecule has 17 aromatic carbocycles. The monoisotopic (exact) mass is 1420 g/mol. The Kier molecular flexibility index (Phi) is 16.0. The molecule has 110 heavy (non-hydrogen) atoms. The summed E-state index contributed by atoms with van der Waals surface area (Å²) in [5, 5.41) is 0. The standard InChI is InChI=1S/C102H68B2N4OS/c1-8-29-69(30-9-1)73-53-57-80(58-54-73)105(82-45-26-41-77(61-82)71-33-12-3-13-34-71)84-63-94-100-97(65-84)109-96-52-25-23-50-89(96)104(100)90-67-91-98(68-93(90)108(94)102-86(75-37-16-5-17-38-75)47-28-48-87(102)76-39-18-6-19-40-76)110-99-66-85(64-95-101(99)103(91)88-49-22-24-51-92(88)107(95)79-43-20-7-21-44-79)106(81-59-55-74(56-60-81)70-31-10-2-11-32-70)83-46-27-42-78(62-83)72-35-14-4-15-36-72/h1-68H. The molecule has 0 spiro atoms. The molecule has 0 aromatic heterocycles. The Morgan fingerprint density at radius 2 is 0.645 bits per heavy atom. The van der Waals surface area contributed by atoms with Gasteiger partial charge in [0.25, 0.3) is 6.71 Å². The van der Waals surface area contributed by atoms with Crippen LogP contribution in [0.15, 0.2) is 422 Å². The lowest BCUT2D eigenvalue weighted by Gasteiger charge is -2.44. The van der Waals surface area contributed by atoms with Gasteiger partial charge in [0.2, 0.25) is 6.71 Å². The van der Waals surface area contributed by atoms with Crippen LogP contribution in [0.2, 0.25) is 0 Å². The zero-order valence-electron chi connectivity index (χ0n) is 60.0. The number of para-hydroxylation sites is 4. The van der Waals surface area contributed by atoms with Gasteiger partial charge in [-0.25, -0.2) is 0 Å². The van der Waals surface area contributed by atoms with E-state index < -0.39 is 0 Å². The lowest BCUT2D eigenvalue weighted by atomic mass is 9.31. The van der Waals surface area contributed by atoms with Crippen LogP contribution in [0.25, 0.3) is 66.8 Å². The third-order valence-electron chi connectivity index (χ3n) is 22.3. The molecule has 514 valence electrons. The van der Waals surface area contributed by atoms with Gasteiger partial charge in [-0.05, 0) is 180 Å². The highest BCUT2D eigenvalue weighted by Gasteiger charge is 2.48. The Labute approximate surface area is 646 Å². The Morgan fingerprint density at radius 1 is 0.227 bits per heavy atom. The normalized spacial score (nSPS) is 12.5. The third kappa shape index (κ3) is 11.2. The molecule has 0 unspecified atom stereocenters. The second kappa shape index (κ2) is 27.2. The van der Waals surface area contributed by atoms with Gasteiger partial charge in [0, 0.05) is 83.9 Å². The average Bonchev–Trinajstić information content (AvgIpc) is 0.692. The van der Waals surface area contributed by atoms with E-state index in [1.54, 1.807) is 0 Å². The molecule has 21 rings (SSSR count). The highest BCUT2D eigenvalue weighted by Crippen LogP contribution is 2.54. The first kappa shape index (κ1) is 64.6. The Hall–Kier alpha value is -13.8. The first-order valence-electron chi connectivity index (χ1n) is 37.8. The highest BCUT2D eigenvalue weighted by molar-refractivity contribution is 8.00. The molecule has 0 bridgehead atoms. The van der Waals surface area contributed by atoms with Gasteiger partial charge in [0.05, 0.1) is 11.4 Å². The van der Waals surface area contributed by atoms with Crippen molar-refractivity contribution >= 4 is 126 Å². The van der Waals surface area contributed by atoms with Crippen molar-refractivity contribution in [3.63, 3.8) is 0 Å². The molecule has 0 N–H and O–H groups in total. The molecule has 4 aliphatic heterocycles. The number of fused-ring (bicyclic) bond motifs is 8. The molecule has 4 aliphatic rings. The van der Waals surface area contributed by atoms with Crippen molar-refractivity contribution in [1.29, 1.82) is 0 Å². The zero-order chi connectivity index (χ0) is 72.6. The molecule has 0 saturated heterocycles. The fourth-order valence-electron chi connectivity index (χ4n) is 17.4. The van der Waals surface area contributed by atoms with E-state index in [1.807, 2.05) is 11.8 Å². The minimum atomic E-state index is -0.249. The van der Waals surface area contributed by atoms with Gasteiger partial charge in [0.1, 0.15) is 11.5 Å². The van der Waals surface area contributed by atoms with Crippen LogP contribution in [0, 0.1) is 0 Å². The van der Waals surface area contributed by atoms with Crippen molar-refractivity contribution in [2.75, 3.05) is 19.6 Å². The third-order valence-corrected chi connectivity index (χ3v) is 23.4. The minimum Gasteiger partial charge on any atom is -0.458 e. The molecule has 0 atom stereocenters. The predicted molar refractivity (Wildman–Crippen MR) is 464 cm³/mol. The van der Waals surface area contributed by atoms with E-state index in [2.05, 4.69) is 432 Å². The van der Waals surface area contributed by atoms with Gasteiger partial charge in [-0.1, -0.05) is 327 Å². The summed E-state index contributed by atoms with van der Waals surface area (Å²) in [5.74, 6) is 1.65. The largest absolute Gasteiger partial charge is 0.458 e. The number of ether oxygens (including phenoxy) is 1. The summed E-state index contributed by atoms with van der Waals surface area (Å²) in [4.78, 5) is 12.5. The van der Waals surface area contributed by atoms with E-state index in [4.69, 9.17) is 4.74 Å². The molecule has 0 radical (unpaired) electrons. The van der Waals surface area contributed by atoms with E-state index in [0.717, 1.165) is 152 Å². The molecule has 5 nitrogen and oxygen atoms in total. The molecule has 17 aromatic rings.